The number of carbonyl (C=O) groups is 2. The third-order valence-corrected chi connectivity index (χ3v) is 5.32. The summed E-state index contributed by atoms with van der Waals surface area (Å²) in [5, 5.41) is 3.53. The number of hydrogen-bond acceptors (Lipinski definition) is 4. The molecule has 1 aliphatic rings. The smallest absolute Gasteiger partial charge is 0.260 e. The van der Waals surface area contributed by atoms with E-state index in [1.807, 2.05) is 61.5 Å². The van der Waals surface area contributed by atoms with Crippen LogP contribution < -0.4 is 15.0 Å². The van der Waals surface area contributed by atoms with Crippen molar-refractivity contribution >= 4 is 34.8 Å². The Morgan fingerprint density at radius 2 is 1.83 bits per heavy atom. The van der Waals surface area contributed by atoms with Crippen LogP contribution in [0.4, 0.5) is 11.4 Å². The second kappa shape index (κ2) is 9.65. The van der Waals surface area contributed by atoms with Crippen molar-refractivity contribution in [3.8, 4) is 5.75 Å². The largest absolute Gasteiger partial charge is 0.484 e. The quantitative estimate of drug-likeness (QED) is 0.782. The van der Waals surface area contributed by atoms with Crippen LogP contribution in [0.25, 0.3) is 0 Å². The number of rotatable bonds is 6. The van der Waals surface area contributed by atoms with Gasteiger partial charge in [0.2, 0.25) is 5.91 Å². The highest BCUT2D eigenvalue weighted by atomic mass is 35.5. The van der Waals surface area contributed by atoms with Gasteiger partial charge in [-0.1, -0.05) is 29.8 Å². The highest BCUT2D eigenvalue weighted by Crippen LogP contribution is 2.28. The molecule has 0 atom stereocenters. The second-order valence-electron chi connectivity index (χ2n) is 7.31. The van der Waals surface area contributed by atoms with E-state index in [1.54, 1.807) is 11.0 Å². The Morgan fingerprint density at radius 1 is 1.14 bits per heavy atom. The molecule has 3 rings (SSSR count). The van der Waals surface area contributed by atoms with Gasteiger partial charge in [-0.15, -0.1) is 0 Å². The number of benzene rings is 2. The summed E-state index contributed by atoms with van der Waals surface area (Å²) in [4.78, 5) is 28.6. The van der Waals surface area contributed by atoms with Gasteiger partial charge in [0, 0.05) is 38.8 Å². The Morgan fingerprint density at radius 3 is 2.45 bits per heavy atom. The summed E-state index contributed by atoms with van der Waals surface area (Å²) in [6.45, 7) is 1.11. The lowest BCUT2D eigenvalue weighted by molar-refractivity contribution is -0.136. The molecule has 2 aromatic rings. The first-order valence-corrected chi connectivity index (χ1v) is 10.0. The van der Waals surface area contributed by atoms with E-state index in [2.05, 4.69) is 5.32 Å². The van der Waals surface area contributed by atoms with Gasteiger partial charge >= 0.3 is 0 Å². The van der Waals surface area contributed by atoms with Crippen LogP contribution in [0.5, 0.6) is 5.75 Å². The van der Waals surface area contributed by atoms with E-state index in [1.165, 1.54) is 0 Å². The van der Waals surface area contributed by atoms with E-state index < -0.39 is 0 Å². The van der Waals surface area contributed by atoms with Crippen LogP contribution in [0.1, 0.15) is 12.8 Å². The molecule has 0 spiro atoms. The monoisotopic (exact) mass is 415 g/mol. The zero-order valence-electron chi connectivity index (χ0n) is 16.7. The van der Waals surface area contributed by atoms with E-state index in [-0.39, 0.29) is 24.3 Å². The number of nitrogens with one attached hydrogen (secondary N) is 1. The molecule has 0 radical (unpaired) electrons. The Bertz CT molecular complexity index is 850. The van der Waals surface area contributed by atoms with Gasteiger partial charge < -0.3 is 19.9 Å². The average molecular weight is 416 g/mol. The molecule has 2 amide bonds. The van der Waals surface area contributed by atoms with Gasteiger partial charge in [0.25, 0.3) is 5.91 Å². The summed E-state index contributed by atoms with van der Waals surface area (Å²) in [5.41, 5.74) is 1.58. The molecule has 0 unspecified atom stereocenters. The first-order chi connectivity index (χ1) is 13.9. The molecule has 7 heteroatoms. The van der Waals surface area contributed by atoms with Crippen LogP contribution in [0.15, 0.2) is 48.5 Å². The molecular weight excluding hydrogens is 390 g/mol. The molecule has 1 aliphatic heterocycles. The van der Waals surface area contributed by atoms with Crippen molar-refractivity contribution in [3.63, 3.8) is 0 Å². The summed E-state index contributed by atoms with van der Waals surface area (Å²) >= 11 is 6.27. The minimum absolute atomic E-state index is 0.0115. The number of carbonyl (C=O) groups excluding carboxylic acids is 2. The molecule has 1 fully saturated rings. The van der Waals surface area contributed by atoms with Crippen molar-refractivity contribution in [2.24, 2.45) is 5.92 Å². The van der Waals surface area contributed by atoms with E-state index >= 15 is 0 Å². The number of anilines is 2. The number of amides is 2. The maximum Gasteiger partial charge on any atom is 0.260 e. The van der Waals surface area contributed by atoms with Crippen molar-refractivity contribution in [3.05, 3.63) is 53.6 Å². The van der Waals surface area contributed by atoms with Crippen LogP contribution in [-0.2, 0) is 9.59 Å². The number of nitrogens with zero attached hydrogens (tertiary/aromatic N) is 2. The average Bonchev–Trinajstić information content (AvgIpc) is 2.72. The third kappa shape index (κ3) is 5.64. The maximum atomic E-state index is 12.6. The van der Waals surface area contributed by atoms with Gasteiger partial charge in [0.15, 0.2) is 6.61 Å². The van der Waals surface area contributed by atoms with Gasteiger partial charge in [-0.05, 0) is 43.2 Å². The number of ether oxygens (including phenoxy) is 1. The number of halogens is 1. The molecule has 2 aromatic carbocycles. The van der Waals surface area contributed by atoms with E-state index in [0.29, 0.717) is 42.4 Å². The van der Waals surface area contributed by atoms with Crippen molar-refractivity contribution in [2.45, 2.75) is 12.8 Å². The number of para-hydroxylation sites is 1. The van der Waals surface area contributed by atoms with Crippen LogP contribution in [-0.4, -0.2) is 50.5 Å². The van der Waals surface area contributed by atoms with Crippen molar-refractivity contribution in [1.82, 2.24) is 4.90 Å². The summed E-state index contributed by atoms with van der Waals surface area (Å²) < 4.78 is 5.53. The van der Waals surface area contributed by atoms with Crippen LogP contribution >= 0.6 is 11.6 Å². The molecular formula is C22H26ClN3O3. The second-order valence-corrected chi connectivity index (χ2v) is 7.71. The van der Waals surface area contributed by atoms with Crippen molar-refractivity contribution in [1.29, 1.82) is 0 Å². The maximum absolute atomic E-state index is 12.6. The molecule has 29 heavy (non-hydrogen) atoms. The summed E-state index contributed by atoms with van der Waals surface area (Å²) in [5.74, 6) is 0.459. The topological polar surface area (TPSA) is 61.9 Å². The third-order valence-electron chi connectivity index (χ3n) is 5.02. The predicted molar refractivity (Wildman–Crippen MR) is 116 cm³/mol. The summed E-state index contributed by atoms with van der Waals surface area (Å²) in [7, 11) is 3.83. The van der Waals surface area contributed by atoms with Crippen LogP contribution in [0, 0.1) is 5.92 Å². The van der Waals surface area contributed by atoms with Gasteiger partial charge in [-0.3, -0.25) is 9.59 Å². The van der Waals surface area contributed by atoms with Crippen molar-refractivity contribution in [2.75, 3.05) is 44.0 Å². The molecule has 1 saturated heterocycles. The molecule has 6 nitrogen and oxygen atoms in total. The Labute approximate surface area is 176 Å². The minimum atomic E-state index is -0.124. The zero-order chi connectivity index (χ0) is 20.8. The highest BCUT2D eigenvalue weighted by molar-refractivity contribution is 6.33. The van der Waals surface area contributed by atoms with Gasteiger partial charge in [-0.25, -0.2) is 0 Å². The fourth-order valence-corrected chi connectivity index (χ4v) is 3.69. The van der Waals surface area contributed by atoms with Crippen molar-refractivity contribution < 1.29 is 14.3 Å². The molecule has 1 N–H and O–H groups in total. The minimum Gasteiger partial charge on any atom is -0.484 e. The molecule has 154 valence electrons. The fraction of sp³-hybridized carbons (Fsp3) is 0.364. The molecule has 0 aromatic heterocycles. The highest BCUT2D eigenvalue weighted by Gasteiger charge is 2.27. The summed E-state index contributed by atoms with van der Waals surface area (Å²) in [6, 6.07) is 14.8. The predicted octanol–water partition coefficient (Wildman–Crippen LogP) is 3.66. The number of piperidine rings is 1. The molecule has 0 aliphatic carbocycles. The SMILES string of the molecule is CN(C)c1ccc(NC(=O)C2CCN(C(=O)COc3ccccc3)CC2)cc1Cl. The van der Waals surface area contributed by atoms with E-state index in [4.69, 9.17) is 16.3 Å². The summed E-state index contributed by atoms with van der Waals surface area (Å²) in [6.07, 6.45) is 1.26. The number of hydrogen-bond donors (Lipinski definition) is 1. The zero-order valence-corrected chi connectivity index (χ0v) is 17.5. The normalized spacial score (nSPS) is 14.4. The Balaban J connectivity index is 1.46. The molecule has 0 bridgehead atoms. The Kier molecular flexibility index (Phi) is 6.99. The van der Waals surface area contributed by atoms with Gasteiger partial charge in [-0.2, -0.15) is 0 Å². The first-order valence-electron chi connectivity index (χ1n) is 9.67. The van der Waals surface area contributed by atoms with Gasteiger partial charge in [0.1, 0.15) is 5.75 Å². The molecule has 0 saturated carbocycles. The lowest BCUT2D eigenvalue weighted by Gasteiger charge is -2.31. The van der Waals surface area contributed by atoms with E-state index in [0.717, 1.165) is 5.69 Å². The lowest BCUT2D eigenvalue weighted by Crippen LogP contribution is -2.43. The fourth-order valence-electron chi connectivity index (χ4n) is 3.34. The van der Waals surface area contributed by atoms with Crippen LogP contribution in [0.2, 0.25) is 5.02 Å². The van der Waals surface area contributed by atoms with E-state index in [9.17, 15) is 9.59 Å². The number of likely N-dealkylation sites (tertiary alicyclic amines) is 1. The lowest BCUT2D eigenvalue weighted by atomic mass is 9.95. The first kappa shape index (κ1) is 21.0. The van der Waals surface area contributed by atoms with Gasteiger partial charge in [0.05, 0.1) is 10.7 Å². The molecule has 1 heterocycles. The van der Waals surface area contributed by atoms with Crippen LogP contribution in [0.3, 0.4) is 0 Å². The Hall–Kier alpha value is -2.73. The standard InChI is InChI=1S/C22H26ClN3O3/c1-25(2)20-9-8-17(14-19(20)23)24-22(28)16-10-12-26(13-11-16)21(27)15-29-18-6-4-3-5-7-18/h3-9,14,16H,10-13,15H2,1-2H3,(H,24,28).